The standard InChI is InChI=1S/C18H26N4O/c1-13-10-14(2)16(17(11-13)22-9-7-8-19-22)12-21(6)15(3)18(23)20(4)5/h7-11,15H,12H2,1-6H3/t15-/m0/s1. The van der Waals surface area contributed by atoms with Gasteiger partial charge in [-0.1, -0.05) is 6.07 Å². The minimum Gasteiger partial charge on any atom is -0.347 e. The summed E-state index contributed by atoms with van der Waals surface area (Å²) >= 11 is 0. The Morgan fingerprint density at radius 2 is 1.96 bits per heavy atom. The van der Waals surface area contributed by atoms with Crippen LogP contribution in [-0.2, 0) is 11.3 Å². The molecule has 5 nitrogen and oxygen atoms in total. The maximum atomic E-state index is 12.2. The third-order valence-corrected chi connectivity index (χ3v) is 4.21. The zero-order valence-electron chi connectivity index (χ0n) is 14.9. The average Bonchev–Trinajstić information content (AvgIpc) is 3.01. The Morgan fingerprint density at radius 1 is 1.26 bits per heavy atom. The van der Waals surface area contributed by atoms with Crippen LogP contribution < -0.4 is 0 Å². The predicted molar refractivity (Wildman–Crippen MR) is 92.7 cm³/mol. The molecule has 1 amide bonds. The normalized spacial score (nSPS) is 12.5. The Balaban J connectivity index is 2.34. The lowest BCUT2D eigenvalue weighted by molar-refractivity contribution is -0.133. The van der Waals surface area contributed by atoms with Crippen molar-refractivity contribution >= 4 is 5.91 Å². The Kier molecular flexibility index (Phi) is 5.21. The SMILES string of the molecule is Cc1cc(C)c(CN(C)[C@@H](C)C(=O)N(C)C)c(-n2cccn2)c1. The molecule has 1 aromatic heterocycles. The van der Waals surface area contributed by atoms with Gasteiger partial charge in [0, 0.05) is 33.0 Å². The summed E-state index contributed by atoms with van der Waals surface area (Å²) in [6.07, 6.45) is 3.73. The summed E-state index contributed by atoms with van der Waals surface area (Å²) in [7, 11) is 5.57. The van der Waals surface area contributed by atoms with Gasteiger partial charge in [-0.2, -0.15) is 5.10 Å². The summed E-state index contributed by atoms with van der Waals surface area (Å²) in [6, 6.07) is 6.07. The van der Waals surface area contributed by atoms with Crippen LogP contribution in [0.25, 0.3) is 5.69 Å². The van der Waals surface area contributed by atoms with E-state index in [1.807, 2.05) is 30.9 Å². The number of aryl methyl sites for hydroxylation is 2. The molecule has 0 saturated heterocycles. The number of hydrogen-bond acceptors (Lipinski definition) is 3. The van der Waals surface area contributed by atoms with E-state index in [9.17, 15) is 4.79 Å². The summed E-state index contributed by atoms with van der Waals surface area (Å²) < 4.78 is 1.89. The molecule has 0 aliphatic rings. The van der Waals surface area contributed by atoms with Crippen molar-refractivity contribution in [2.24, 2.45) is 0 Å². The van der Waals surface area contributed by atoms with Crippen LogP contribution in [0, 0.1) is 13.8 Å². The summed E-state index contributed by atoms with van der Waals surface area (Å²) in [5, 5.41) is 4.37. The summed E-state index contributed by atoms with van der Waals surface area (Å²) in [4.78, 5) is 15.9. The van der Waals surface area contributed by atoms with Gasteiger partial charge in [0.25, 0.3) is 0 Å². The van der Waals surface area contributed by atoms with E-state index in [0.717, 1.165) is 5.69 Å². The van der Waals surface area contributed by atoms with Crippen molar-refractivity contribution in [1.29, 1.82) is 0 Å². The van der Waals surface area contributed by atoms with Crippen molar-refractivity contribution in [2.75, 3.05) is 21.1 Å². The van der Waals surface area contributed by atoms with Crippen LogP contribution in [-0.4, -0.2) is 52.7 Å². The van der Waals surface area contributed by atoms with Crippen molar-refractivity contribution in [1.82, 2.24) is 19.6 Å². The van der Waals surface area contributed by atoms with Crippen LogP contribution in [0.1, 0.15) is 23.6 Å². The topological polar surface area (TPSA) is 41.4 Å². The molecule has 5 heteroatoms. The number of nitrogens with zero attached hydrogens (tertiary/aromatic N) is 4. The van der Waals surface area contributed by atoms with E-state index in [1.54, 1.807) is 25.2 Å². The number of benzene rings is 1. The van der Waals surface area contributed by atoms with Gasteiger partial charge < -0.3 is 4.90 Å². The highest BCUT2D eigenvalue weighted by atomic mass is 16.2. The fourth-order valence-corrected chi connectivity index (χ4v) is 2.75. The molecule has 1 heterocycles. The molecule has 0 aliphatic heterocycles. The monoisotopic (exact) mass is 314 g/mol. The van der Waals surface area contributed by atoms with Gasteiger partial charge >= 0.3 is 0 Å². The third kappa shape index (κ3) is 3.79. The molecule has 0 aliphatic carbocycles. The minimum atomic E-state index is -0.170. The van der Waals surface area contributed by atoms with Crippen LogP contribution >= 0.6 is 0 Å². The van der Waals surface area contributed by atoms with Gasteiger partial charge in [0.2, 0.25) is 5.91 Å². The van der Waals surface area contributed by atoms with E-state index in [0.29, 0.717) is 6.54 Å². The fourth-order valence-electron chi connectivity index (χ4n) is 2.75. The quantitative estimate of drug-likeness (QED) is 0.851. The highest BCUT2D eigenvalue weighted by Crippen LogP contribution is 2.22. The minimum absolute atomic E-state index is 0.109. The molecule has 0 unspecified atom stereocenters. The number of carbonyl (C=O) groups excluding carboxylic acids is 1. The third-order valence-electron chi connectivity index (χ3n) is 4.21. The number of amides is 1. The van der Waals surface area contributed by atoms with Crippen molar-refractivity contribution < 1.29 is 4.79 Å². The van der Waals surface area contributed by atoms with E-state index >= 15 is 0 Å². The number of aromatic nitrogens is 2. The van der Waals surface area contributed by atoms with Crippen LogP contribution in [0.3, 0.4) is 0 Å². The number of hydrogen-bond donors (Lipinski definition) is 0. The smallest absolute Gasteiger partial charge is 0.239 e. The highest BCUT2D eigenvalue weighted by molar-refractivity contribution is 5.80. The Bertz CT molecular complexity index is 677. The highest BCUT2D eigenvalue weighted by Gasteiger charge is 2.21. The molecule has 1 aromatic carbocycles. The number of rotatable bonds is 5. The van der Waals surface area contributed by atoms with E-state index < -0.39 is 0 Å². The van der Waals surface area contributed by atoms with Crippen LogP contribution in [0.5, 0.6) is 0 Å². The molecule has 124 valence electrons. The van der Waals surface area contributed by atoms with Gasteiger partial charge in [-0.25, -0.2) is 4.68 Å². The van der Waals surface area contributed by atoms with Crippen molar-refractivity contribution in [2.45, 2.75) is 33.4 Å². The molecule has 0 bridgehead atoms. The molecule has 2 rings (SSSR count). The van der Waals surface area contributed by atoms with E-state index in [2.05, 4.69) is 36.0 Å². The second-order valence-electron chi connectivity index (χ2n) is 6.35. The number of likely N-dealkylation sites (N-methyl/N-ethyl adjacent to an activating group) is 2. The Hall–Kier alpha value is -2.14. The first-order valence-corrected chi connectivity index (χ1v) is 7.82. The largest absolute Gasteiger partial charge is 0.347 e. The molecule has 0 spiro atoms. The van der Waals surface area contributed by atoms with Gasteiger partial charge in [0.15, 0.2) is 0 Å². The first kappa shape index (κ1) is 17.2. The molecule has 23 heavy (non-hydrogen) atoms. The van der Waals surface area contributed by atoms with Gasteiger partial charge in [-0.05, 0) is 56.6 Å². The summed E-state index contributed by atoms with van der Waals surface area (Å²) in [5.41, 5.74) is 4.69. The lowest BCUT2D eigenvalue weighted by atomic mass is 10.0. The maximum Gasteiger partial charge on any atom is 0.239 e. The molecule has 2 aromatic rings. The van der Waals surface area contributed by atoms with Gasteiger partial charge in [0.1, 0.15) is 0 Å². The Labute approximate surface area is 138 Å². The van der Waals surface area contributed by atoms with Crippen molar-refractivity contribution in [3.63, 3.8) is 0 Å². The van der Waals surface area contributed by atoms with Crippen LogP contribution in [0.2, 0.25) is 0 Å². The molecule has 0 fully saturated rings. The van der Waals surface area contributed by atoms with E-state index in [-0.39, 0.29) is 11.9 Å². The van der Waals surface area contributed by atoms with Crippen LogP contribution in [0.15, 0.2) is 30.6 Å². The van der Waals surface area contributed by atoms with Crippen molar-refractivity contribution in [3.8, 4) is 5.69 Å². The zero-order chi connectivity index (χ0) is 17.1. The fraction of sp³-hybridized carbons (Fsp3) is 0.444. The second-order valence-corrected chi connectivity index (χ2v) is 6.35. The molecular formula is C18H26N4O. The average molecular weight is 314 g/mol. The summed E-state index contributed by atoms with van der Waals surface area (Å²) in [5.74, 6) is 0.109. The lowest BCUT2D eigenvalue weighted by Crippen LogP contribution is -2.42. The van der Waals surface area contributed by atoms with Crippen molar-refractivity contribution in [3.05, 3.63) is 47.3 Å². The predicted octanol–water partition coefficient (Wildman–Crippen LogP) is 2.40. The van der Waals surface area contributed by atoms with Gasteiger partial charge in [0.05, 0.1) is 11.7 Å². The second kappa shape index (κ2) is 6.96. The van der Waals surface area contributed by atoms with Gasteiger partial charge in [-0.3, -0.25) is 9.69 Å². The van der Waals surface area contributed by atoms with Crippen LogP contribution in [0.4, 0.5) is 0 Å². The molecule has 0 radical (unpaired) electrons. The first-order chi connectivity index (χ1) is 10.8. The maximum absolute atomic E-state index is 12.2. The molecule has 1 atom stereocenters. The molecule has 0 N–H and O–H groups in total. The van der Waals surface area contributed by atoms with Gasteiger partial charge in [-0.15, -0.1) is 0 Å². The molecule has 0 saturated carbocycles. The summed E-state index contributed by atoms with van der Waals surface area (Å²) in [6.45, 7) is 6.84. The lowest BCUT2D eigenvalue weighted by Gasteiger charge is -2.28. The van der Waals surface area contributed by atoms with E-state index in [1.165, 1.54) is 16.7 Å². The first-order valence-electron chi connectivity index (χ1n) is 7.82. The zero-order valence-corrected chi connectivity index (χ0v) is 14.9. The number of carbonyl (C=O) groups is 1. The van der Waals surface area contributed by atoms with E-state index in [4.69, 9.17) is 0 Å². The molecular weight excluding hydrogens is 288 g/mol. The Morgan fingerprint density at radius 3 is 2.52 bits per heavy atom.